The average molecular weight is 226 g/mol. The lowest BCUT2D eigenvalue weighted by Gasteiger charge is -2.10. The Morgan fingerprint density at radius 3 is 2.87 bits per heavy atom. The Morgan fingerprint density at radius 1 is 1.47 bits per heavy atom. The van der Waals surface area contributed by atoms with E-state index in [9.17, 15) is 0 Å². The molecule has 86 valence electrons. The number of aromatic nitrogens is 1. The molecule has 0 aliphatic carbocycles. The zero-order valence-electron chi connectivity index (χ0n) is 10.0. The van der Waals surface area contributed by atoms with Crippen LogP contribution in [0.3, 0.4) is 0 Å². The molecule has 1 rings (SSSR count). The number of nitrogens with one attached hydrogen (secondary N) is 1. The second-order valence-electron chi connectivity index (χ2n) is 4.10. The summed E-state index contributed by atoms with van der Waals surface area (Å²) in [4.78, 5) is 4.46. The summed E-state index contributed by atoms with van der Waals surface area (Å²) in [5, 5.41) is 6.93. The molecule has 0 radical (unpaired) electrons. The molecule has 1 atom stereocenters. The highest BCUT2D eigenvalue weighted by atomic mass is 32.1. The Kier molecular flexibility index (Phi) is 5.88. The molecular weight excluding hydrogens is 204 g/mol. The van der Waals surface area contributed by atoms with Crippen molar-refractivity contribution in [3.05, 3.63) is 16.1 Å². The van der Waals surface area contributed by atoms with Crippen LogP contribution < -0.4 is 5.32 Å². The minimum Gasteiger partial charge on any atom is -0.314 e. The standard InChI is InChI=1S/C12H22N2S/c1-4-10(2)13-8-6-5-7-12-14-11(3)9-15-12/h9-10,13H,4-8H2,1-3H3. The van der Waals surface area contributed by atoms with Gasteiger partial charge in [-0.05, 0) is 46.1 Å². The normalized spacial score (nSPS) is 13.0. The van der Waals surface area contributed by atoms with Gasteiger partial charge in [0.15, 0.2) is 0 Å². The van der Waals surface area contributed by atoms with Crippen molar-refractivity contribution in [1.82, 2.24) is 10.3 Å². The maximum Gasteiger partial charge on any atom is 0.0928 e. The number of hydrogen-bond acceptors (Lipinski definition) is 3. The Bertz CT molecular complexity index is 270. The molecule has 0 aromatic carbocycles. The first kappa shape index (κ1) is 12.7. The Balaban J connectivity index is 2.02. The van der Waals surface area contributed by atoms with Gasteiger partial charge < -0.3 is 5.32 Å². The van der Waals surface area contributed by atoms with Crippen molar-refractivity contribution in [1.29, 1.82) is 0 Å². The van der Waals surface area contributed by atoms with Crippen molar-refractivity contribution in [3.8, 4) is 0 Å². The lowest BCUT2D eigenvalue weighted by molar-refractivity contribution is 0.516. The van der Waals surface area contributed by atoms with E-state index in [-0.39, 0.29) is 0 Å². The Labute approximate surface area is 97.1 Å². The van der Waals surface area contributed by atoms with Crippen molar-refractivity contribution in [3.63, 3.8) is 0 Å². The van der Waals surface area contributed by atoms with E-state index in [2.05, 4.69) is 36.5 Å². The first-order chi connectivity index (χ1) is 7.22. The molecule has 0 aliphatic heterocycles. The highest BCUT2D eigenvalue weighted by Crippen LogP contribution is 2.11. The molecule has 1 N–H and O–H groups in total. The van der Waals surface area contributed by atoms with Gasteiger partial charge in [0.05, 0.1) is 5.01 Å². The largest absolute Gasteiger partial charge is 0.314 e. The summed E-state index contributed by atoms with van der Waals surface area (Å²) >= 11 is 1.79. The predicted octanol–water partition coefficient (Wildman–Crippen LogP) is 3.16. The maximum absolute atomic E-state index is 4.46. The molecule has 0 amide bonds. The van der Waals surface area contributed by atoms with Crippen molar-refractivity contribution in [2.75, 3.05) is 6.54 Å². The zero-order valence-corrected chi connectivity index (χ0v) is 10.9. The van der Waals surface area contributed by atoms with Gasteiger partial charge in [-0.15, -0.1) is 11.3 Å². The topological polar surface area (TPSA) is 24.9 Å². The summed E-state index contributed by atoms with van der Waals surface area (Å²) in [5.74, 6) is 0. The van der Waals surface area contributed by atoms with Crippen LogP contribution in [-0.4, -0.2) is 17.6 Å². The van der Waals surface area contributed by atoms with Gasteiger partial charge in [0, 0.05) is 17.1 Å². The fraction of sp³-hybridized carbons (Fsp3) is 0.750. The molecule has 15 heavy (non-hydrogen) atoms. The van der Waals surface area contributed by atoms with Gasteiger partial charge in [-0.1, -0.05) is 6.92 Å². The Hall–Kier alpha value is -0.410. The summed E-state index contributed by atoms with van der Waals surface area (Å²) in [6, 6.07) is 0.659. The molecule has 3 heteroatoms. The van der Waals surface area contributed by atoms with Crippen molar-refractivity contribution in [2.24, 2.45) is 0 Å². The van der Waals surface area contributed by atoms with E-state index in [0.29, 0.717) is 6.04 Å². The maximum atomic E-state index is 4.46. The number of hydrogen-bond donors (Lipinski definition) is 1. The van der Waals surface area contributed by atoms with Crippen LogP contribution in [-0.2, 0) is 6.42 Å². The quantitative estimate of drug-likeness (QED) is 0.722. The monoisotopic (exact) mass is 226 g/mol. The van der Waals surface area contributed by atoms with Crippen LogP contribution in [0.2, 0.25) is 0 Å². The third-order valence-electron chi connectivity index (χ3n) is 2.59. The summed E-state index contributed by atoms with van der Waals surface area (Å²) in [7, 11) is 0. The van der Waals surface area contributed by atoms with Gasteiger partial charge in [0.25, 0.3) is 0 Å². The molecule has 0 bridgehead atoms. The van der Waals surface area contributed by atoms with Crippen molar-refractivity contribution < 1.29 is 0 Å². The number of unbranched alkanes of at least 4 members (excludes halogenated alkanes) is 1. The first-order valence-corrected chi connectivity index (χ1v) is 6.74. The molecular formula is C12H22N2S. The molecule has 0 saturated carbocycles. The van der Waals surface area contributed by atoms with Crippen molar-refractivity contribution >= 4 is 11.3 Å². The van der Waals surface area contributed by atoms with E-state index in [1.165, 1.54) is 24.3 Å². The van der Waals surface area contributed by atoms with Crippen LogP contribution in [0.15, 0.2) is 5.38 Å². The SMILES string of the molecule is CCC(C)NCCCCc1nc(C)cs1. The van der Waals surface area contributed by atoms with E-state index in [1.807, 2.05) is 0 Å². The van der Waals surface area contributed by atoms with Gasteiger partial charge in [-0.25, -0.2) is 4.98 Å². The van der Waals surface area contributed by atoms with Crippen LogP contribution in [0.1, 0.15) is 43.8 Å². The van der Waals surface area contributed by atoms with E-state index in [0.717, 1.165) is 18.7 Å². The molecule has 0 fully saturated rings. The molecule has 0 spiro atoms. The molecule has 1 unspecified atom stereocenters. The average Bonchev–Trinajstić information content (AvgIpc) is 2.63. The number of nitrogens with zero attached hydrogens (tertiary/aromatic N) is 1. The molecule has 1 aromatic rings. The predicted molar refractivity (Wildman–Crippen MR) is 67.5 cm³/mol. The van der Waals surface area contributed by atoms with Gasteiger partial charge in [-0.2, -0.15) is 0 Å². The lowest BCUT2D eigenvalue weighted by atomic mass is 10.2. The van der Waals surface area contributed by atoms with Crippen LogP contribution in [0, 0.1) is 6.92 Å². The fourth-order valence-corrected chi connectivity index (χ4v) is 2.23. The first-order valence-electron chi connectivity index (χ1n) is 5.86. The fourth-order valence-electron chi connectivity index (χ4n) is 1.41. The third-order valence-corrected chi connectivity index (χ3v) is 3.62. The molecule has 1 aromatic heterocycles. The van der Waals surface area contributed by atoms with Gasteiger partial charge >= 0.3 is 0 Å². The minimum atomic E-state index is 0.659. The lowest BCUT2D eigenvalue weighted by Crippen LogP contribution is -2.26. The van der Waals surface area contributed by atoms with Gasteiger partial charge in [-0.3, -0.25) is 0 Å². The molecule has 1 heterocycles. The number of rotatable bonds is 7. The van der Waals surface area contributed by atoms with Crippen LogP contribution in [0.5, 0.6) is 0 Å². The highest BCUT2D eigenvalue weighted by Gasteiger charge is 1.99. The Morgan fingerprint density at radius 2 is 2.27 bits per heavy atom. The molecule has 0 saturated heterocycles. The third kappa shape index (κ3) is 5.28. The molecule has 0 aliphatic rings. The summed E-state index contributed by atoms with van der Waals surface area (Å²) in [6.07, 6.45) is 4.85. The zero-order chi connectivity index (χ0) is 11.1. The summed E-state index contributed by atoms with van der Waals surface area (Å²) in [5.41, 5.74) is 1.16. The smallest absolute Gasteiger partial charge is 0.0928 e. The number of aryl methyl sites for hydroxylation is 2. The van der Waals surface area contributed by atoms with E-state index in [4.69, 9.17) is 0 Å². The molecule has 2 nitrogen and oxygen atoms in total. The van der Waals surface area contributed by atoms with Gasteiger partial charge in [0.2, 0.25) is 0 Å². The highest BCUT2D eigenvalue weighted by molar-refractivity contribution is 7.09. The van der Waals surface area contributed by atoms with Crippen LogP contribution in [0.4, 0.5) is 0 Å². The van der Waals surface area contributed by atoms with E-state index >= 15 is 0 Å². The van der Waals surface area contributed by atoms with Crippen LogP contribution in [0.25, 0.3) is 0 Å². The second kappa shape index (κ2) is 6.96. The van der Waals surface area contributed by atoms with E-state index in [1.54, 1.807) is 11.3 Å². The van der Waals surface area contributed by atoms with Gasteiger partial charge in [0.1, 0.15) is 0 Å². The number of thiazole rings is 1. The van der Waals surface area contributed by atoms with Crippen LogP contribution >= 0.6 is 11.3 Å². The van der Waals surface area contributed by atoms with E-state index < -0.39 is 0 Å². The summed E-state index contributed by atoms with van der Waals surface area (Å²) < 4.78 is 0. The second-order valence-corrected chi connectivity index (χ2v) is 5.05. The minimum absolute atomic E-state index is 0.659. The van der Waals surface area contributed by atoms with Crippen molar-refractivity contribution in [2.45, 2.75) is 52.5 Å². The summed E-state index contributed by atoms with van der Waals surface area (Å²) in [6.45, 7) is 7.66.